The maximum Gasteiger partial charge on any atom is 0.269 e. The molecule has 0 spiro atoms. The van der Waals surface area contributed by atoms with Gasteiger partial charge in [-0.3, -0.25) is 9.48 Å². The van der Waals surface area contributed by atoms with Crippen molar-refractivity contribution in [2.24, 2.45) is 7.05 Å². The van der Waals surface area contributed by atoms with Crippen LogP contribution in [-0.4, -0.2) is 39.8 Å². The minimum atomic E-state index is -0.0363. The number of nitrogens with zero attached hydrogens (tertiary/aromatic N) is 4. The Kier molecular flexibility index (Phi) is 3.92. The predicted molar refractivity (Wildman–Crippen MR) is 82.8 cm³/mol. The largest absolute Gasteiger partial charge is 0.348 e. The monoisotopic (exact) mass is 305 g/mol. The van der Waals surface area contributed by atoms with E-state index in [-0.39, 0.29) is 11.9 Å². The maximum atomic E-state index is 12.3. The zero-order valence-electron chi connectivity index (χ0n) is 12.2. The van der Waals surface area contributed by atoms with Crippen LogP contribution >= 0.6 is 11.3 Å². The highest BCUT2D eigenvalue weighted by Gasteiger charge is 2.23. The number of thiazole rings is 1. The van der Waals surface area contributed by atoms with E-state index < -0.39 is 0 Å². The van der Waals surface area contributed by atoms with Crippen molar-refractivity contribution in [3.63, 3.8) is 0 Å². The summed E-state index contributed by atoms with van der Waals surface area (Å²) in [6, 6.07) is 2.05. The van der Waals surface area contributed by atoms with Gasteiger partial charge in [0.1, 0.15) is 5.69 Å². The second-order valence-corrected chi connectivity index (χ2v) is 6.22. The van der Waals surface area contributed by atoms with Crippen LogP contribution in [0.1, 0.15) is 29.0 Å². The van der Waals surface area contributed by atoms with E-state index >= 15 is 0 Å². The zero-order chi connectivity index (χ0) is 14.8. The Labute approximate surface area is 127 Å². The summed E-state index contributed by atoms with van der Waals surface area (Å²) in [5.74, 6) is -0.0363. The maximum absolute atomic E-state index is 12.3. The SMILES string of the molecule is Cc1cc(C(=O)NC2CCN(c3nccs3)CC2)n(C)n1. The van der Waals surface area contributed by atoms with Crippen LogP contribution in [0.2, 0.25) is 0 Å². The van der Waals surface area contributed by atoms with E-state index in [0.29, 0.717) is 5.69 Å². The highest BCUT2D eigenvalue weighted by atomic mass is 32.1. The van der Waals surface area contributed by atoms with Gasteiger partial charge in [-0.05, 0) is 25.8 Å². The number of carbonyl (C=O) groups excluding carboxylic acids is 1. The Bertz CT molecular complexity index is 613. The summed E-state index contributed by atoms with van der Waals surface area (Å²) in [5.41, 5.74) is 1.48. The van der Waals surface area contributed by atoms with Gasteiger partial charge >= 0.3 is 0 Å². The fourth-order valence-corrected chi connectivity index (χ4v) is 3.37. The molecule has 1 saturated heterocycles. The molecule has 0 aliphatic carbocycles. The van der Waals surface area contributed by atoms with Crippen LogP contribution in [0.5, 0.6) is 0 Å². The van der Waals surface area contributed by atoms with Crippen molar-refractivity contribution >= 4 is 22.4 Å². The third-order valence-corrected chi connectivity index (χ3v) is 4.59. The Morgan fingerprint density at radius 3 is 2.76 bits per heavy atom. The van der Waals surface area contributed by atoms with E-state index in [0.717, 1.165) is 36.8 Å². The average Bonchev–Trinajstić information content (AvgIpc) is 3.09. The minimum absolute atomic E-state index is 0.0363. The number of hydrogen-bond acceptors (Lipinski definition) is 5. The molecule has 112 valence electrons. The number of rotatable bonds is 3. The standard InChI is InChI=1S/C14H19N5OS/c1-10-9-12(18(2)17-10)13(20)16-11-3-6-19(7-4-11)14-15-5-8-21-14/h5,8-9,11H,3-4,6-7H2,1-2H3,(H,16,20). The van der Waals surface area contributed by atoms with E-state index in [4.69, 9.17) is 0 Å². The van der Waals surface area contributed by atoms with Crippen LogP contribution in [0.15, 0.2) is 17.6 Å². The molecule has 0 aromatic carbocycles. The number of hydrogen-bond donors (Lipinski definition) is 1. The summed E-state index contributed by atoms with van der Waals surface area (Å²) in [7, 11) is 1.80. The molecule has 3 heterocycles. The molecule has 1 amide bonds. The number of nitrogens with one attached hydrogen (secondary N) is 1. The summed E-state index contributed by atoms with van der Waals surface area (Å²) in [5, 5.41) is 10.4. The lowest BCUT2D eigenvalue weighted by Gasteiger charge is -2.32. The Balaban J connectivity index is 1.56. The Morgan fingerprint density at radius 1 is 1.43 bits per heavy atom. The van der Waals surface area contributed by atoms with Gasteiger partial charge in [0.2, 0.25) is 0 Å². The topological polar surface area (TPSA) is 63.1 Å². The van der Waals surface area contributed by atoms with Crippen LogP contribution in [-0.2, 0) is 7.05 Å². The molecule has 1 fully saturated rings. The van der Waals surface area contributed by atoms with Gasteiger partial charge in [-0.25, -0.2) is 4.98 Å². The lowest BCUT2D eigenvalue weighted by Crippen LogP contribution is -2.45. The molecule has 21 heavy (non-hydrogen) atoms. The second-order valence-electron chi connectivity index (χ2n) is 5.34. The van der Waals surface area contributed by atoms with Crippen molar-refractivity contribution < 1.29 is 4.79 Å². The summed E-state index contributed by atoms with van der Waals surface area (Å²) >= 11 is 1.66. The molecule has 0 unspecified atom stereocenters. The first-order valence-electron chi connectivity index (χ1n) is 7.09. The molecule has 6 nitrogen and oxygen atoms in total. The highest BCUT2D eigenvalue weighted by Crippen LogP contribution is 2.22. The van der Waals surface area contributed by atoms with Crippen molar-refractivity contribution in [2.75, 3.05) is 18.0 Å². The fourth-order valence-electron chi connectivity index (χ4n) is 2.67. The molecule has 0 bridgehead atoms. The molecule has 1 aliphatic rings. The summed E-state index contributed by atoms with van der Waals surface area (Å²) in [6.45, 7) is 3.76. The summed E-state index contributed by atoms with van der Waals surface area (Å²) in [6.07, 6.45) is 3.73. The summed E-state index contributed by atoms with van der Waals surface area (Å²) in [4.78, 5) is 18.9. The van der Waals surface area contributed by atoms with Crippen molar-refractivity contribution in [1.82, 2.24) is 20.1 Å². The van der Waals surface area contributed by atoms with Gasteiger partial charge in [-0.1, -0.05) is 0 Å². The van der Waals surface area contributed by atoms with Crippen LogP contribution in [0.4, 0.5) is 5.13 Å². The number of amides is 1. The van der Waals surface area contributed by atoms with Gasteiger partial charge < -0.3 is 10.2 Å². The lowest BCUT2D eigenvalue weighted by atomic mass is 10.1. The minimum Gasteiger partial charge on any atom is -0.348 e. The van der Waals surface area contributed by atoms with Gasteiger partial charge in [0.05, 0.1) is 5.69 Å². The lowest BCUT2D eigenvalue weighted by molar-refractivity contribution is 0.0921. The fraction of sp³-hybridized carbons (Fsp3) is 0.500. The first kappa shape index (κ1) is 14.1. The average molecular weight is 305 g/mol. The molecule has 0 radical (unpaired) electrons. The quantitative estimate of drug-likeness (QED) is 0.935. The van der Waals surface area contributed by atoms with E-state index in [1.165, 1.54) is 0 Å². The molecular formula is C14H19N5OS. The molecule has 0 atom stereocenters. The molecule has 1 aliphatic heterocycles. The van der Waals surface area contributed by atoms with Crippen LogP contribution in [0.25, 0.3) is 0 Å². The molecular weight excluding hydrogens is 286 g/mol. The third-order valence-electron chi connectivity index (χ3n) is 3.75. The first-order chi connectivity index (χ1) is 10.1. The summed E-state index contributed by atoms with van der Waals surface area (Å²) < 4.78 is 1.63. The first-order valence-corrected chi connectivity index (χ1v) is 7.97. The highest BCUT2D eigenvalue weighted by molar-refractivity contribution is 7.13. The van der Waals surface area contributed by atoms with E-state index in [2.05, 4.69) is 20.3 Å². The molecule has 2 aromatic rings. The van der Waals surface area contributed by atoms with Gasteiger partial charge in [-0.2, -0.15) is 5.10 Å². The number of carbonyl (C=O) groups is 1. The molecule has 3 rings (SSSR count). The number of piperidine rings is 1. The van der Waals surface area contributed by atoms with E-state index in [1.54, 1.807) is 23.1 Å². The van der Waals surface area contributed by atoms with Crippen LogP contribution in [0.3, 0.4) is 0 Å². The third kappa shape index (κ3) is 3.07. The Hall–Kier alpha value is -1.89. The van der Waals surface area contributed by atoms with Crippen LogP contribution in [0, 0.1) is 6.92 Å². The predicted octanol–water partition coefficient (Wildman–Crippen LogP) is 1.58. The second kappa shape index (κ2) is 5.85. The number of aryl methyl sites for hydroxylation is 2. The van der Waals surface area contributed by atoms with Gasteiger partial charge in [-0.15, -0.1) is 11.3 Å². The molecule has 2 aromatic heterocycles. The normalized spacial score (nSPS) is 16.2. The molecule has 0 saturated carbocycles. The smallest absolute Gasteiger partial charge is 0.269 e. The van der Waals surface area contributed by atoms with Gasteiger partial charge in [0.25, 0.3) is 5.91 Å². The van der Waals surface area contributed by atoms with E-state index in [9.17, 15) is 4.79 Å². The van der Waals surface area contributed by atoms with Gasteiger partial charge in [0, 0.05) is 37.8 Å². The number of aromatic nitrogens is 3. The molecule has 7 heteroatoms. The van der Waals surface area contributed by atoms with Crippen molar-refractivity contribution in [1.29, 1.82) is 0 Å². The van der Waals surface area contributed by atoms with Crippen molar-refractivity contribution in [3.05, 3.63) is 29.0 Å². The Morgan fingerprint density at radius 2 is 2.19 bits per heavy atom. The molecule has 1 N–H and O–H groups in total. The van der Waals surface area contributed by atoms with Crippen molar-refractivity contribution in [2.45, 2.75) is 25.8 Å². The van der Waals surface area contributed by atoms with Gasteiger partial charge in [0.15, 0.2) is 5.13 Å². The number of anilines is 1. The van der Waals surface area contributed by atoms with Crippen molar-refractivity contribution in [3.8, 4) is 0 Å². The zero-order valence-corrected chi connectivity index (χ0v) is 13.1. The van der Waals surface area contributed by atoms with Crippen LogP contribution < -0.4 is 10.2 Å². The van der Waals surface area contributed by atoms with E-state index in [1.807, 2.05) is 24.6 Å².